The Bertz CT molecular complexity index is 429. The molecule has 0 fully saturated rings. The number of carbonyl (C=O) groups is 1. The second-order valence-corrected chi connectivity index (χ2v) is 3.74. The van der Waals surface area contributed by atoms with Crippen molar-refractivity contribution in [1.82, 2.24) is 0 Å². The zero-order chi connectivity index (χ0) is 13.5. The first-order valence-electron chi connectivity index (χ1n) is 5.49. The number of aliphatic carboxylic acids is 1. The maximum absolute atomic E-state index is 13.3. The molecule has 0 aromatic heterocycles. The molecule has 5 nitrogen and oxygen atoms in total. The fourth-order valence-corrected chi connectivity index (χ4v) is 1.39. The molecular weight excluding hydrogens is 239 g/mol. The first-order valence-corrected chi connectivity index (χ1v) is 5.49. The maximum Gasteiger partial charge on any atom is 0.328 e. The van der Waals surface area contributed by atoms with E-state index in [0.29, 0.717) is 13.0 Å². The first-order chi connectivity index (χ1) is 8.56. The molecular formula is C12H15FN2O3. The number of hydrogen-bond donors (Lipinski definition) is 3. The van der Waals surface area contributed by atoms with Crippen molar-refractivity contribution in [3.8, 4) is 5.75 Å². The lowest BCUT2D eigenvalue weighted by atomic mass is 10.1. The topological polar surface area (TPSA) is 95.9 Å². The maximum atomic E-state index is 13.3. The number of phenolic OH excluding ortho intramolecular Hbond substituents is 1. The minimum absolute atomic E-state index is 0.114. The molecule has 0 spiro atoms. The molecule has 18 heavy (non-hydrogen) atoms. The molecule has 0 aliphatic carbocycles. The van der Waals surface area contributed by atoms with Crippen LogP contribution in [0.15, 0.2) is 23.2 Å². The molecule has 1 atom stereocenters. The van der Waals surface area contributed by atoms with E-state index in [1.807, 2.05) is 0 Å². The number of aromatic hydroxyl groups is 1. The number of phenols is 1. The molecule has 0 saturated carbocycles. The van der Waals surface area contributed by atoms with Gasteiger partial charge in [-0.1, -0.05) is 6.07 Å². The molecule has 1 aromatic carbocycles. The lowest BCUT2D eigenvalue weighted by Gasteiger charge is -2.06. The number of aliphatic imine (C=N–C) groups is 1. The SMILES string of the molecule is NCCC[C@H](N=Cc1c(O)cccc1F)C(=O)O. The molecule has 0 aliphatic heterocycles. The summed E-state index contributed by atoms with van der Waals surface area (Å²) in [6.45, 7) is 0.365. The van der Waals surface area contributed by atoms with Crippen molar-refractivity contribution in [1.29, 1.82) is 0 Å². The van der Waals surface area contributed by atoms with E-state index in [-0.39, 0.29) is 17.7 Å². The molecule has 0 saturated heterocycles. The second-order valence-electron chi connectivity index (χ2n) is 3.74. The lowest BCUT2D eigenvalue weighted by Crippen LogP contribution is -2.19. The normalized spacial score (nSPS) is 12.8. The molecule has 0 bridgehead atoms. The van der Waals surface area contributed by atoms with Crippen LogP contribution in [0, 0.1) is 5.82 Å². The van der Waals surface area contributed by atoms with Gasteiger partial charge in [-0.05, 0) is 31.5 Å². The van der Waals surface area contributed by atoms with Gasteiger partial charge in [0.2, 0.25) is 0 Å². The molecule has 0 unspecified atom stereocenters. The summed E-state index contributed by atoms with van der Waals surface area (Å²) in [6, 6.07) is 2.84. The minimum Gasteiger partial charge on any atom is -0.507 e. The third-order valence-corrected chi connectivity index (χ3v) is 2.38. The Kier molecular flexibility index (Phi) is 5.26. The number of halogens is 1. The van der Waals surface area contributed by atoms with Crippen molar-refractivity contribution in [3.05, 3.63) is 29.6 Å². The number of nitrogens with zero attached hydrogens (tertiary/aromatic N) is 1. The summed E-state index contributed by atoms with van der Waals surface area (Å²) >= 11 is 0. The highest BCUT2D eigenvalue weighted by Crippen LogP contribution is 2.17. The number of hydrogen-bond acceptors (Lipinski definition) is 4. The summed E-state index contributed by atoms with van der Waals surface area (Å²) in [5.41, 5.74) is 5.17. The third kappa shape index (κ3) is 3.81. The van der Waals surface area contributed by atoms with Gasteiger partial charge in [0.1, 0.15) is 17.6 Å². The summed E-state index contributed by atoms with van der Waals surface area (Å²) in [4.78, 5) is 14.7. The highest BCUT2D eigenvalue weighted by molar-refractivity contribution is 5.86. The van der Waals surface area contributed by atoms with Gasteiger partial charge in [-0.25, -0.2) is 9.18 Å². The Balaban J connectivity index is 2.85. The molecule has 98 valence electrons. The van der Waals surface area contributed by atoms with E-state index >= 15 is 0 Å². The highest BCUT2D eigenvalue weighted by atomic mass is 19.1. The molecule has 0 radical (unpaired) electrons. The molecule has 6 heteroatoms. The van der Waals surface area contributed by atoms with Crippen LogP contribution < -0.4 is 5.73 Å². The predicted octanol–water partition coefficient (Wildman–Crippen LogP) is 1.14. The van der Waals surface area contributed by atoms with Crippen LogP contribution in [0.1, 0.15) is 18.4 Å². The molecule has 0 aliphatic rings. The Morgan fingerprint density at radius 1 is 1.56 bits per heavy atom. The highest BCUT2D eigenvalue weighted by Gasteiger charge is 2.15. The van der Waals surface area contributed by atoms with E-state index in [2.05, 4.69) is 4.99 Å². The van der Waals surface area contributed by atoms with Crippen LogP contribution in [0.2, 0.25) is 0 Å². The summed E-state index contributed by atoms with van der Waals surface area (Å²) in [5.74, 6) is -2.03. The van der Waals surface area contributed by atoms with Gasteiger partial charge >= 0.3 is 5.97 Å². The van der Waals surface area contributed by atoms with Gasteiger partial charge in [-0.3, -0.25) is 4.99 Å². The van der Waals surface area contributed by atoms with Crippen molar-refractivity contribution < 1.29 is 19.4 Å². The second kappa shape index (κ2) is 6.70. The number of nitrogens with two attached hydrogens (primary N) is 1. The zero-order valence-corrected chi connectivity index (χ0v) is 9.71. The van der Waals surface area contributed by atoms with Gasteiger partial charge in [-0.2, -0.15) is 0 Å². The van der Waals surface area contributed by atoms with Gasteiger partial charge in [0.15, 0.2) is 0 Å². The monoisotopic (exact) mass is 254 g/mol. The molecule has 4 N–H and O–H groups in total. The fraction of sp³-hybridized carbons (Fsp3) is 0.333. The minimum atomic E-state index is -1.10. The number of benzene rings is 1. The van der Waals surface area contributed by atoms with Gasteiger partial charge in [0.25, 0.3) is 0 Å². The standard InChI is InChI=1S/C12H15FN2O3/c13-9-3-1-5-11(16)8(9)7-15-10(12(17)18)4-2-6-14/h1,3,5,7,10,16H,2,4,6,14H2,(H,17,18)/t10-/m0/s1. The van der Waals surface area contributed by atoms with Crippen molar-refractivity contribution in [3.63, 3.8) is 0 Å². The van der Waals surface area contributed by atoms with Crippen molar-refractivity contribution in [2.24, 2.45) is 10.7 Å². The summed E-state index contributed by atoms with van der Waals surface area (Å²) in [6.07, 6.45) is 1.83. The largest absolute Gasteiger partial charge is 0.507 e. The van der Waals surface area contributed by atoms with Crippen LogP contribution in [0.25, 0.3) is 0 Å². The van der Waals surface area contributed by atoms with E-state index in [9.17, 15) is 14.3 Å². The molecule has 0 amide bonds. The average molecular weight is 254 g/mol. The Morgan fingerprint density at radius 3 is 2.83 bits per heavy atom. The summed E-state index contributed by atoms with van der Waals surface area (Å²) in [5, 5.41) is 18.3. The van der Waals surface area contributed by atoms with Crippen molar-refractivity contribution in [2.75, 3.05) is 6.54 Å². The van der Waals surface area contributed by atoms with Crippen LogP contribution in [0.5, 0.6) is 5.75 Å². The Labute approximate surface area is 104 Å². The van der Waals surface area contributed by atoms with Gasteiger partial charge in [0.05, 0.1) is 5.56 Å². The molecule has 0 heterocycles. The fourth-order valence-electron chi connectivity index (χ4n) is 1.39. The lowest BCUT2D eigenvalue weighted by molar-refractivity contribution is -0.138. The molecule has 1 rings (SSSR count). The average Bonchev–Trinajstić information content (AvgIpc) is 2.31. The Hall–Kier alpha value is -1.95. The number of rotatable bonds is 6. The predicted molar refractivity (Wildman–Crippen MR) is 65.4 cm³/mol. The summed E-state index contributed by atoms with van der Waals surface area (Å²) < 4.78 is 13.3. The van der Waals surface area contributed by atoms with Crippen LogP contribution >= 0.6 is 0 Å². The molecule has 1 aromatic rings. The quantitative estimate of drug-likeness (QED) is 0.663. The number of carboxylic acid groups (broad SMARTS) is 1. The van der Waals surface area contributed by atoms with Gasteiger partial charge < -0.3 is 15.9 Å². The van der Waals surface area contributed by atoms with E-state index in [0.717, 1.165) is 12.3 Å². The van der Waals surface area contributed by atoms with Crippen LogP contribution in [-0.4, -0.2) is 35.0 Å². The van der Waals surface area contributed by atoms with Crippen LogP contribution in [0.3, 0.4) is 0 Å². The van der Waals surface area contributed by atoms with E-state index in [4.69, 9.17) is 10.8 Å². The zero-order valence-electron chi connectivity index (χ0n) is 9.71. The van der Waals surface area contributed by atoms with Gasteiger partial charge in [-0.15, -0.1) is 0 Å². The first kappa shape index (κ1) is 14.1. The Morgan fingerprint density at radius 2 is 2.28 bits per heavy atom. The van der Waals surface area contributed by atoms with Gasteiger partial charge in [0, 0.05) is 6.21 Å². The third-order valence-electron chi connectivity index (χ3n) is 2.38. The summed E-state index contributed by atoms with van der Waals surface area (Å²) in [7, 11) is 0. The van der Waals surface area contributed by atoms with Crippen molar-refractivity contribution in [2.45, 2.75) is 18.9 Å². The van der Waals surface area contributed by atoms with Crippen LogP contribution in [-0.2, 0) is 4.79 Å². The van der Waals surface area contributed by atoms with E-state index in [1.165, 1.54) is 12.1 Å². The van der Waals surface area contributed by atoms with Crippen LogP contribution in [0.4, 0.5) is 4.39 Å². The van der Waals surface area contributed by atoms with E-state index in [1.54, 1.807) is 0 Å². The smallest absolute Gasteiger partial charge is 0.328 e. The van der Waals surface area contributed by atoms with E-state index < -0.39 is 17.8 Å². The van der Waals surface area contributed by atoms with Crippen molar-refractivity contribution >= 4 is 12.2 Å². The number of carboxylic acids is 1.